The predicted molar refractivity (Wildman–Crippen MR) is 277 cm³/mol. The molecule has 2 unspecified atom stereocenters. The molecule has 0 N–H and O–H groups in total. The Labute approximate surface area is 403 Å². The zero-order valence-electron chi connectivity index (χ0n) is 42.0. The third kappa shape index (κ3) is 44.7. The molecule has 2 atom stereocenters. The van der Waals surface area contributed by atoms with Gasteiger partial charge in [-0.3, -0.25) is 9.59 Å². The van der Waals surface area contributed by atoms with Gasteiger partial charge in [-0.15, -0.1) is 0 Å². The van der Waals surface area contributed by atoms with Crippen LogP contribution in [-0.2, 0) is 28.6 Å². The molecule has 0 aromatic rings. The number of esters is 2. The molecule has 0 spiro atoms. The highest BCUT2D eigenvalue weighted by molar-refractivity contribution is 5.70. The van der Waals surface area contributed by atoms with E-state index in [9.17, 15) is 19.5 Å². The maximum absolute atomic E-state index is 12.8. The smallest absolute Gasteiger partial charge is 0.306 e. The summed E-state index contributed by atoms with van der Waals surface area (Å²) in [6.07, 6.45) is 67.6. The second-order valence-corrected chi connectivity index (χ2v) is 17.5. The van der Waals surface area contributed by atoms with Gasteiger partial charge in [0.05, 0.1) is 40.3 Å². The van der Waals surface area contributed by atoms with Crippen LogP contribution in [0.1, 0.15) is 162 Å². The molecule has 0 radical (unpaired) electrons. The monoisotopic (exact) mass is 914 g/mol. The minimum Gasteiger partial charge on any atom is -0.544 e. The van der Waals surface area contributed by atoms with Gasteiger partial charge in [-0.2, -0.15) is 0 Å². The number of carboxylic acid groups (broad SMARTS) is 1. The van der Waals surface area contributed by atoms with Gasteiger partial charge in [0.2, 0.25) is 0 Å². The first-order valence-electron chi connectivity index (χ1n) is 25.3. The molecular formula is C58H91NO7. The number of carbonyl (C=O) groups is 3. The minimum atomic E-state index is -1.14. The SMILES string of the molecule is CC/C=C/C=C/C=C/C=C/C=C/C=C/C=C/CCCCCC(=O)OCC(COCCC(C(=O)[O-])[N+](C)(C)C)OC(=O)CCCCCCCCCCCC/C=C/C/C=C/C/C=C/C/C=C/CC. The lowest BCUT2D eigenvalue weighted by atomic mass is 10.0. The number of hydrogen-bond acceptors (Lipinski definition) is 7. The number of allylic oxidation sites excluding steroid dienone is 22. The van der Waals surface area contributed by atoms with Crippen LogP contribution in [0.25, 0.3) is 0 Å². The van der Waals surface area contributed by atoms with Crippen molar-refractivity contribution in [2.24, 2.45) is 0 Å². The summed E-state index contributed by atoms with van der Waals surface area (Å²) >= 11 is 0. The van der Waals surface area contributed by atoms with Crippen LogP contribution in [0.4, 0.5) is 0 Å². The topological polar surface area (TPSA) is 102 Å². The van der Waals surface area contributed by atoms with Crippen LogP contribution in [0.2, 0.25) is 0 Å². The van der Waals surface area contributed by atoms with Crippen molar-refractivity contribution in [2.75, 3.05) is 41.0 Å². The number of quaternary nitrogens is 1. The summed E-state index contributed by atoms with van der Waals surface area (Å²) in [7, 11) is 5.38. The Bertz CT molecular complexity index is 1530. The third-order valence-electron chi connectivity index (χ3n) is 10.5. The van der Waals surface area contributed by atoms with Gasteiger partial charge in [-0.1, -0.05) is 205 Å². The highest BCUT2D eigenvalue weighted by Crippen LogP contribution is 2.14. The molecule has 370 valence electrons. The highest BCUT2D eigenvalue weighted by Gasteiger charge is 2.25. The molecule has 0 heterocycles. The zero-order chi connectivity index (χ0) is 48.4. The maximum Gasteiger partial charge on any atom is 0.306 e. The third-order valence-corrected chi connectivity index (χ3v) is 10.5. The first-order valence-corrected chi connectivity index (χ1v) is 25.3. The summed E-state index contributed by atoms with van der Waals surface area (Å²) < 4.78 is 17.2. The van der Waals surface area contributed by atoms with Crippen molar-refractivity contribution in [1.29, 1.82) is 0 Å². The van der Waals surface area contributed by atoms with Crippen LogP contribution in [-0.4, -0.2) is 75.5 Å². The Balaban J connectivity index is 4.38. The van der Waals surface area contributed by atoms with Gasteiger partial charge in [0.1, 0.15) is 12.6 Å². The molecule has 0 aromatic heterocycles. The number of aliphatic carboxylic acids is 1. The van der Waals surface area contributed by atoms with E-state index in [1.807, 2.05) is 72.9 Å². The first-order chi connectivity index (χ1) is 32.1. The van der Waals surface area contributed by atoms with E-state index in [1.165, 1.54) is 44.9 Å². The number of unbranched alkanes of at least 4 members (excludes halogenated alkanes) is 13. The van der Waals surface area contributed by atoms with Gasteiger partial charge in [-0.05, 0) is 70.6 Å². The average molecular weight is 914 g/mol. The van der Waals surface area contributed by atoms with Gasteiger partial charge in [0.25, 0.3) is 0 Å². The number of likely N-dealkylation sites (N-methyl/N-ethyl adjacent to an activating group) is 1. The van der Waals surface area contributed by atoms with E-state index in [4.69, 9.17) is 14.2 Å². The zero-order valence-corrected chi connectivity index (χ0v) is 42.0. The van der Waals surface area contributed by atoms with E-state index in [-0.39, 0.29) is 49.1 Å². The summed E-state index contributed by atoms with van der Waals surface area (Å²) in [5.41, 5.74) is 0. The Morgan fingerprint density at radius 1 is 0.470 bits per heavy atom. The van der Waals surface area contributed by atoms with E-state index in [0.29, 0.717) is 12.8 Å². The number of rotatable bonds is 43. The molecule has 0 saturated carbocycles. The fourth-order valence-corrected chi connectivity index (χ4v) is 6.63. The lowest BCUT2D eigenvalue weighted by Crippen LogP contribution is -2.55. The van der Waals surface area contributed by atoms with E-state index < -0.39 is 18.1 Å². The molecule has 0 amide bonds. The van der Waals surface area contributed by atoms with Crippen molar-refractivity contribution in [2.45, 2.75) is 174 Å². The van der Waals surface area contributed by atoms with Gasteiger partial charge < -0.3 is 28.6 Å². The molecule has 0 bridgehead atoms. The molecule has 0 aliphatic carbocycles. The van der Waals surface area contributed by atoms with Crippen molar-refractivity contribution in [3.63, 3.8) is 0 Å². The van der Waals surface area contributed by atoms with Crippen molar-refractivity contribution in [3.8, 4) is 0 Å². The molecular weight excluding hydrogens is 823 g/mol. The summed E-state index contributed by atoms with van der Waals surface area (Å²) in [5.74, 6) is -1.82. The van der Waals surface area contributed by atoms with Crippen molar-refractivity contribution >= 4 is 17.9 Å². The van der Waals surface area contributed by atoms with Crippen molar-refractivity contribution in [1.82, 2.24) is 0 Å². The van der Waals surface area contributed by atoms with Crippen LogP contribution >= 0.6 is 0 Å². The molecule has 8 nitrogen and oxygen atoms in total. The fraction of sp³-hybridized carbons (Fsp3) is 0.569. The molecule has 0 aliphatic rings. The molecule has 66 heavy (non-hydrogen) atoms. The first kappa shape index (κ1) is 61.5. The van der Waals surface area contributed by atoms with E-state index in [0.717, 1.165) is 77.0 Å². The number of nitrogens with zero attached hydrogens (tertiary/aromatic N) is 1. The highest BCUT2D eigenvalue weighted by atomic mass is 16.6. The summed E-state index contributed by atoms with van der Waals surface area (Å²) in [4.78, 5) is 37.0. The van der Waals surface area contributed by atoms with Gasteiger partial charge >= 0.3 is 11.9 Å². The predicted octanol–water partition coefficient (Wildman–Crippen LogP) is 13.4. The van der Waals surface area contributed by atoms with Crippen LogP contribution < -0.4 is 5.11 Å². The molecule has 0 rings (SSSR count). The number of ether oxygens (including phenoxy) is 3. The maximum atomic E-state index is 12.8. The largest absolute Gasteiger partial charge is 0.544 e. The van der Waals surface area contributed by atoms with Gasteiger partial charge in [0, 0.05) is 19.3 Å². The van der Waals surface area contributed by atoms with Gasteiger partial charge in [0.15, 0.2) is 6.10 Å². The van der Waals surface area contributed by atoms with Crippen LogP contribution in [0, 0.1) is 0 Å². The van der Waals surface area contributed by atoms with Crippen LogP contribution in [0.15, 0.2) is 134 Å². The summed E-state index contributed by atoms with van der Waals surface area (Å²) in [5, 5.41) is 11.7. The number of hydrogen-bond donors (Lipinski definition) is 0. The molecule has 0 aliphatic heterocycles. The Morgan fingerprint density at radius 2 is 0.879 bits per heavy atom. The lowest BCUT2D eigenvalue weighted by Gasteiger charge is -2.34. The summed E-state index contributed by atoms with van der Waals surface area (Å²) in [6, 6.07) is -0.744. The van der Waals surface area contributed by atoms with E-state index in [2.05, 4.69) is 74.6 Å². The van der Waals surface area contributed by atoms with Gasteiger partial charge in [-0.25, -0.2) is 0 Å². The average Bonchev–Trinajstić information content (AvgIpc) is 3.28. The Hall–Kier alpha value is -4.53. The fourth-order valence-electron chi connectivity index (χ4n) is 6.63. The Kier molecular flexibility index (Phi) is 43.8. The van der Waals surface area contributed by atoms with Crippen LogP contribution in [0.3, 0.4) is 0 Å². The minimum absolute atomic E-state index is 0.0141. The van der Waals surface area contributed by atoms with Crippen molar-refractivity contribution in [3.05, 3.63) is 134 Å². The van der Waals surface area contributed by atoms with E-state index >= 15 is 0 Å². The number of carboxylic acids is 1. The van der Waals surface area contributed by atoms with E-state index in [1.54, 1.807) is 21.1 Å². The standard InChI is InChI=1S/C58H91NO7/c1-6-8-10-12-14-16-18-20-22-24-26-27-28-29-31-33-35-37-39-41-43-45-47-49-57(61)66-54(52-64-51-50-55(58(62)63)59(3,4)5)53-65-56(60)48-46-44-42-40-38-36-34-32-30-25-23-21-19-17-15-13-11-9-7-2/h8-11,13-17,19-23,25-27,30,32,34,36,38,54-55H,6-7,12,18,24,28-29,31,33,35,37,39-53H2,1-5H3/b10-8+,11-9+,15-13+,16-14+,19-17+,22-20+,23-21+,27-26+,30-25+,34-32+,38-36+. The normalized spacial score (nSPS) is 14.0. The molecule has 0 saturated heterocycles. The van der Waals surface area contributed by atoms with Crippen LogP contribution in [0.5, 0.6) is 0 Å². The molecule has 0 aromatic carbocycles. The second kappa shape index (κ2) is 47.0. The molecule has 8 heteroatoms. The molecule has 0 fully saturated rings. The summed E-state index contributed by atoms with van der Waals surface area (Å²) in [6.45, 7) is 4.33. The Morgan fingerprint density at radius 3 is 1.38 bits per heavy atom. The lowest BCUT2D eigenvalue weighted by molar-refractivity contribution is -0.889. The second-order valence-electron chi connectivity index (χ2n) is 17.5. The number of carbonyl (C=O) groups excluding carboxylic acids is 3. The van der Waals surface area contributed by atoms with Crippen molar-refractivity contribution < 1.29 is 38.2 Å². The quantitative estimate of drug-likeness (QED) is 0.0197.